The first-order chi connectivity index (χ1) is 8.16. The second kappa shape index (κ2) is 5.53. The van der Waals surface area contributed by atoms with Gasteiger partial charge in [-0.05, 0) is 6.07 Å². The van der Waals surface area contributed by atoms with Gasteiger partial charge in [-0.3, -0.25) is 4.90 Å². The summed E-state index contributed by atoms with van der Waals surface area (Å²) >= 11 is 5.81. The molecule has 1 aromatic rings. The Kier molecular flexibility index (Phi) is 4.04. The summed E-state index contributed by atoms with van der Waals surface area (Å²) in [6.45, 7) is 4.74. The Hall–Kier alpha value is -1.04. The Morgan fingerprint density at radius 1 is 1.41 bits per heavy atom. The molecular formula is C11H15ClN2O3. The largest absolute Gasteiger partial charge is 0.477 e. The molecule has 0 bridgehead atoms. The standard InChI is InChI=1S/C11H15ClN2O3/c12-9-7-10(11(15)16)14(8-9)2-1-13-3-5-17-6-4-13/h7-8H,1-6H2,(H,15,16). The summed E-state index contributed by atoms with van der Waals surface area (Å²) in [4.78, 5) is 13.2. The van der Waals surface area contributed by atoms with Crippen LogP contribution in [0.3, 0.4) is 0 Å². The van der Waals surface area contributed by atoms with E-state index in [1.165, 1.54) is 6.07 Å². The van der Waals surface area contributed by atoms with Crippen LogP contribution in [0.1, 0.15) is 10.5 Å². The van der Waals surface area contributed by atoms with E-state index >= 15 is 0 Å². The lowest BCUT2D eigenvalue weighted by Crippen LogP contribution is -2.38. The molecule has 1 fully saturated rings. The maximum Gasteiger partial charge on any atom is 0.352 e. The number of carboxylic acids is 1. The highest BCUT2D eigenvalue weighted by Gasteiger charge is 2.14. The number of morpholine rings is 1. The van der Waals surface area contributed by atoms with E-state index in [2.05, 4.69) is 4.90 Å². The fourth-order valence-corrected chi connectivity index (χ4v) is 2.13. The average molecular weight is 259 g/mol. The van der Waals surface area contributed by atoms with Crippen molar-refractivity contribution in [2.24, 2.45) is 0 Å². The fourth-order valence-electron chi connectivity index (χ4n) is 1.91. The van der Waals surface area contributed by atoms with Crippen molar-refractivity contribution in [3.05, 3.63) is 23.0 Å². The van der Waals surface area contributed by atoms with Crippen LogP contribution >= 0.6 is 11.6 Å². The molecule has 0 aromatic carbocycles. The third kappa shape index (κ3) is 3.21. The van der Waals surface area contributed by atoms with Gasteiger partial charge in [0.25, 0.3) is 0 Å². The summed E-state index contributed by atoms with van der Waals surface area (Å²) in [5, 5.41) is 9.47. The molecule has 1 N–H and O–H groups in total. The molecule has 1 saturated heterocycles. The van der Waals surface area contributed by atoms with Gasteiger partial charge >= 0.3 is 5.97 Å². The highest BCUT2D eigenvalue weighted by atomic mass is 35.5. The van der Waals surface area contributed by atoms with Gasteiger partial charge in [0, 0.05) is 32.4 Å². The van der Waals surface area contributed by atoms with Crippen LogP contribution in [0.15, 0.2) is 12.3 Å². The maximum atomic E-state index is 11.0. The molecule has 0 saturated carbocycles. The lowest BCUT2D eigenvalue weighted by atomic mass is 10.4. The number of ether oxygens (including phenoxy) is 1. The van der Waals surface area contributed by atoms with Crippen molar-refractivity contribution in [2.75, 3.05) is 32.8 Å². The van der Waals surface area contributed by atoms with Crippen molar-refractivity contribution < 1.29 is 14.6 Å². The summed E-state index contributed by atoms with van der Waals surface area (Å²) in [6.07, 6.45) is 1.66. The molecule has 2 heterocycles. The molecule has 2 rings (SSSR count). The predicted molar refractivity (Wildman–Crippen MR) is 63.7 cm³/mol. The van der Waals surface area contributed by atoms with Crippen LogP contribution in [-0.4, -0.2) is 53.4 Å². The fraction of sp³-hybridized carbons (Fsp3) is 0.545. The Bertz CT molecular complexity index is 399. The molecule has 1 aliphatic heterocycles. The van der Waals surface area contributed by atoms with E-state index in [1.807, 2.05) is 0 Å². The molecular weight excluding hydrogens is 244 g/mol. The minimum atomic E-state index is -0.945. The molecule has 0 amide bonds. The molecule has 0 spiro atoms. The van der Waals surface area contributed by atoms with Gasteiger partial charge in [0.05, 0.1) is 18.2 Å². The molecule has 5 nitrogen and oxygen atoms in total. The van der Waals surface area contributed by atoms with E-state index in [1.54, 1.807) is 10.8 Å². The Morgan fingerprint density at radius 3 is 2.76 bits per heavy atom. The molecule has 0 radical (unpaired) electrons. The Morgan fingerprint density at radius 2 is 2.12 bits per heavy atom. The van der Waals surface area contributed by atoms with E-state index in [0.29, 0.717) is 11.6 Å². The first kappa shape index (κ1) is 12.4. The number of nitrogens with zero attached hydrogens (tertiary/aromatic N) is 2. The van der Waals surface area contributed by atoms with Crippen molar-refractivity contribution in [1.29, 1.82) is 0 Å². The van der Waals surface area contributed by atoms with Crippen molar-refractivity contribution >= 4 is 17.6 Å². The van der Waals surface area contributed by atoms with Gasteiger partial charge in [0.15, 0.2) is 0 Å². The quantitative estimate of drug-likeness (QED) is 0.881. The maximum absolute atomic E-state index is 11.0. The summed E-state index contributed by atoms with van der Waals surface area (Å²) in [5.74, 6) is -0.945. The van der Waals surface area contributed by atoms with Crippen LogP contribution in [-0.2, 0) is 11.3 Å². The zero-order valence-corrected chi connectivity index (χ0v) is 10.2. The summed E-state index contributed by atoms with van der Waals surface area (Å²) < 4.78 is 6.93. The molecule has 0 unspecified atom stereocenters. The molecule has 94 valence electrons. The Balaban J connectivity index is 1.95. The normalized spacial score (nSPS) is 17.2. The zero-order valence-electron chi connectivity index (χ0n) is 9.43. The molecule has 17 heavy (non-hydrogen) atoms. The second-order valence-electron chi connectivity index (χ2n) is 4.00. The van der Waals surface area contributed by atoms with Crippen LogP contribution in [0.4, 0.5) is 0 Å². The highest BCUT2D eigenvalue weighted by molar-refractivity contribution is 6.30. The molecule has 0 aliphatic carbocycles. The monoisotopic (exact) mass is 258 g/mol. The minimum absolute atomic E-state index is 0.239. The van der Waals surface area contributed by atoms with E-state index in [9.17, 15) is 4.79 Å². The molecule has 0 atom stereocenters. The van der Waals surface area contributed by atoms with Crippen LogP contribution in [0, 0.1) is 0 Å². The van der Waals surface area contributed by atoms with Crippen molar-refractivity contribution in [3.8, 4) is 0 Å². The summed E-state index contributed by atoms with van der Waals surface area (Å²) in [7, 11) is 0. The minimum Gasteiger partial charge on any atom is -0.477 e. The van der Waals surface area contributed by atoms with E-state index < -0.39 is 5.97 Å². The smallest absolute Gasteiger partial charge is 0.352 e. The first-order valence-electron chi connectivity index (χ1n) is 5.56. The molecule has 1 aliphatic rings. The number of halogens is 1. The van der Waals surface area contributed by atoms with Gasteiger partial charge < -0.3 is 14.4 Å². The number of aromatic nitrogens is 1. The van der Waals surface area contributed by atoms with Crippen LogP contribution < -0.4 is 0 Å². The summed E-state index contributed by atoms with van der Waals surface area (Å²) in [6, 6.07) is 1.48. The van der Waals surface area contributed by atoms with Crippen molar-refractivity contribution in [1.82, 2.24) is 9.47 Å². The first-order valence-corrected chi connectivity index (χ1v) is 5.93. The molecule has 1 aromatic heterocycles. The third-order valence-corrected chi connectivity index (χ3v) is 3.05. The lowest BCUT2D eigenvalue weighted by Gasteiger charge is -2.26. The van der Waals surface area contributed by atoms with Crippen LogP contribution in [0.2, 0.25) is 5.02 Å². The highest BCUT2D eigenvalue weighted by Crippen LogP contribution is 2.14. The predicted octanol–water partition coefficient (Wildman–Crippen LogP) is 1.17. The topological polar surface area (TPSA) is 54.7 Å². The zero-order chi connectivity index (χ0) is 12.3. The van der Waals surface area contributed by atoms with Gasteiger partial charge in [0.1, 0.15) is 5.69 Å². The number of carboxylic acid groups (broad SMARTS) is 1. The third-order valence-electron chi connectivity index (χ3n) is 2.84. The van der Waals surface area contributed by atoms with Gasteiger partial charge in [0.2, 0.25) is 0 Å². The SMILES string of the molecule is O=C(O)c1cc(Cl)cn1CCN1CCOCC1. The average Bonchev–Trinajstić information content (AvgIpc) is 2.69. The molecule has 6 heteroatoms. The Labute approximate surface area is 105 Å². The second-order valence-corrected chi connectivity index (χ2v) is 4.43. The van der Waals surface area contributed by atoms with Gasteiger partial charge in [-0.15, -0.1) is 0 Å². The van der Waals surface area contributed by atoms with E-state index in [4.69, 9.17) is 21.4 Å². The lowest BCUT2D eigenvalue weighted by molar-refractivity contribution is 0.0361. The number of hydrogen-bond donors (Lipinski definition) is 1. The van der Waals surface area contributed by atoms with E-state index in [-0.39, 0.29) is 5.69 Å². The number of hydrogen-bond acceptors (Lipinski definition) is 3. The van der Waals surface area contributed by atoms with Crippen LogP contribution in [0.5, 0.6) is 0 Å². The van der Waals surface area contributed by atoms with E-state index in [0.717, 1.165) is 32.8 Å². The van der Waals surface area contributed by atoms with Crippen molar-refractivity contribution in [3.63, 3.8) is 0 Å². The van der Waals surface area contributed by atoms with Gasteiger partial charge in [-0.2, -0.15) is 0 Å². The number of aromatic carboxylic acids is 1. The van der Waals surface area contributed by atoms with Gasteiger partial charge in [-0.1, -0.05) is 11.6 Å². The summed E-state index contributed by atoms with van der Waals surface area (Å²) in [5.41, 5.74) is 0.239. The number of rotatable bonds is 4. The van der Waals surface area contributed by atoms with Gasteiger partial charge in [-0.25, -0.2) is 4.79 Å². The van der Waals surface area contributed by atoms with Crippen LogP contribution in [0.25, 0.3) is 0 Å². The van der Waals surface area contributed by atoms with Crippen molar-refractivity contribution in [2.45, 2.75) is 6.54 Å². The number of carbonyl (C=O) groups is 1.